The van der Waals surface area contributed by atoms with Gasteiger partial charge in [0.25, 0.3) is 5.69 Å². The van der Waals surface area contributed by atoms with Crippen molar-refractivity contribution in [2.75, 3.05) is 5.75 Å². The van der Waals surface area contributed by atoms with Gasteiger partial charge in [-0.2, -0.15) is 13.2 Å². The van der Waals surface area contributed by atoms with Crippen molar-refractivity contribution >= 4 is 15.5 Å². The van der Waals surface area contributed by atoms with Crippen LogP contribution in [0.15, 0.2) is 29.2 Å². The van der Waals surface area contributed by atoms with Gasteiger partial charge in [-0.1, -0.05) is 12.1 Å². The van der Waals surface area contributed by atoms with Crippen molar-refractivity contribution < 1.29 is 26.5 Å². The summed E-state index contributed by atoms with van der Waals surface area (Å²) in [4.78, 5) is 8.95. The van der Waals surface area contributed by atoms with E-state index in [2.05, 4.69) is 0 Å². The average molecular weight is 283 g/mol. The standard InChI is InChI=1S/C9H8F3NO4S/c10-9(11,12)5-6-18(16,17)8-4-2-1-3-7(8)13(14)15/h1-4H,5-6H2. The van der Waals surface area contributed by atoms with Crippen molar-refractivity contribution in [3.8, 4) is 0 Å². The Morgan fingerprint density at radius 1 is 1.22 bits per heavy atom. The fourth-order valence-electron chi connectivity index (χ4n) is 1.23. The monoisotopic (exact) mass is 283 g/mol. The molecule has 1 rings (SSSR count). The number of alkyl halides is 3. The van der Waals surface area contributed by atoms with Crippen LogP contribution < -0.4 is 0 Å². The molecule has 0 atom stereocenters. The molecule has 9 heteroatoms. The van der Waals surface area contributed by atoms with E-state index in [4.69, 9.17) is 0 Å². The summed E-state index contributed by atoms with van der Waals surface area (Å²) in [6.45, 7) is 0. The number of nitrogens with zero attached hydrogens (tertiary/aromatic N) is 1. The third-order valence-electron chi connectivity index (χ3n) is 2.05. The molecule has 0 aliphatic heterocycles. The smallest absolute Gasteiger partial charge is 0.258 e. The van der Waals surface area contributed by atoms with E-state index >= 15 is 0 Å². The molecule has 0 spiro atoms. The molecule has 0 bridgehead atoms. The molecule has 1 aromatic carbocycles. The zero-order valence-corrected chi connectivity index (χ0v) is 9.66. The highest BCUT2D eigenvalue weighted by Crippen LogP contribution is 2.27. The maximum absolute atomic E-state index is 12.0. The number of nitro groups is 1. The first-order valence-electron chi connectivity index (χ1n) is 4.66. The fraction of sp³-hybridized carbons (Fsp3) is 0.333. The molecule has 0 fully saturated rings. The van der Waals surface area contributed by atoms with Gasteiger partial charge in [-0.25, -0.2) is 8.42 Å². The molecule has 0 N–H and O–H groups in total. The van der Waals surface area contributed by atoms with E-state index in [0.717, 1.165) is 12.1 Å². The molecule has 0 heterocycles. The Morgan fingerprint density at radius 3 is 2.28 bits per heavy atom. The largest absolute Gasteiger partial charge is 0.390 e. The van der Waals surface area contributed by atoms with Crippen LogP contribution in [0.5, 0.6) is 0 Å². The molecular formula is C9H8F3NO4S. The van der Waals surface area contributed by atoms with Crippen LogP contribution in [0, 0.1) is 10.1 Å². The van der Waals surface area contributed by atoms with Crippen molar-refractivity contribution in [3.05, 3.63) is 34.4 Å². The lowest BCUT2D eigenvalue weighted by Gasteiger charge is -2.07. The average Bonchev–Trinajstić information content (AvgIpc) is 2.26. The van der Waals surface area contributed by atoms with Gasteiger partial charge in [-0.05, 0) is 6.07 Å². The van der Waals surface area contributed by atoms with Crippen LogP contribution in [0.1, 0.15) is 6.42 Å². The van der Waals surface area contributed by atoms with Gasteiger partial charge in [0.05, 0.1) is 17.1 Å². The molecule has 0 saturated heterocycles. The first-order chi connectivity index (χ1) is 8.13. The Balaban J connectivity index is 3.10. The van der Waals surface area contributed by atoms with Gasteiger partial charge >= 0.3 is 6.18 Å². The van der Waals surface area contributed by atoms with Crippen LogP contribution in [-0.4, -0.2) is 25.3 Å². The minimum atomic E-state index is -4.63. The second-order valence-corrected chi connectivity index (χ2v) is 5.49. The van der Waals surface area contributed by atoms with Crippen molar-refractivity contribution in [1.29, 1.82) is 0 Å². The first kappa shape index (κ1) is 14.4. The van der Waals surface area contributed by atoms with Crippen LogP contribution in [0.25, 0.3) is 0 Å². The summed E-state index contributed by atoms with van der Waals surface area (Å²) in [7, 11) is -4.33. The highest BCUT2D eigenvalue weighted by Gasteiger charge is 2.33. The highest BCUT2D eigenvalue weighted by molar-refractivity contribution is 7.91. The lowest BCUT2D eigenvalue weighted by Crippen LogP contribution is -2.17. The molecule has 0 amide bonds. The maximum atomic E-state index is 12.0. The Kier molecular flexibility index (Phi) is 3.95. The van der Waals surface area contributed by atoms with Gasteiger partial charge in [0.15, 0.2) is 9.84 Å². The molecule has 0 radical (unpaired) electrons. The summed E-state index contributed by atoms with van der Waals surface area (Å²) in [5, 5.41) is 10.6. The summed E-state index contributed by atoms with van der Waals surface area (Å²) in [5.41, 5.74) is -0.723. The van der Waals surface area contributed by atoms with Crippen LogP contribution >= 0.6 is 0 Å². The van der Waals surface area contributed by atoms with Crippen LogP contribution in [-0.2, 0) is 9.84 Å². The lowest BCUT2D eigenvalue weighted by molar-refractivity contribution is -0.387. The Labute approximate surface area is 100 Å². The molecule has 1 aromatic rings. The highest BCUT2D eigenvalue weighted by atomic mass is 32.2. The van der Waals surface area contributed by atoms with Crippen LogP contribution in [0.3, 0.4) is 0 Å². The van der Waals surface area contributed by atoms with E-state index in [1.165, 1.54) is 12.1 Å². The third kappa shape index (κ3) is 3.69. The molecule has 0 aliphatic rings. The summed E-state index contributed by atoms with van der Waals surface area (Å²) < 4.78 is 59.1. The Bertz CT molecular complexity index is 553. The van der Waals surface area contributed by atoms with E-state index in [0.29, 0.717) is 0 Å². The van der Waals surface area contributed by atoms with Gasteiger partial charge in [0.2, 0.25) is 0 Å². The number of sulfone groups is 1. The lowest BCUT2D eigenvalue weighted by atomic mass is 10.3. The van der Waals surface area contributed by atoms with Gasteiger partial charge < -0.3 is 0 Å². The van der Waals surface area contributed by atoms with Crippen molar-refractivity contribution in [2.24, 2.45) is 0 Å². The Hall–Kier alpha value is -1.64. The number of benzene rings is 1. The number of para-hydroxylation sites is 1. The van der Waals surface area contributed by atoms with E-state index < -0.39 is 43.7 Å². The molecule has 0 unspecified atom stereocenters. The normalized spacial score (nSPS) is 12.4. The van der Waals surface area contributed by atoms with Gasteiger partial charge in [-0.3, -0.25) is 10.1 Å². The van der Waals surface area contributed by atoms with Crippen molar-refractivity contribution in [1.82, 2.24) is 0 Å². The minimum Gasteiger partial charge on any atom is -0.258 e. The number of hydrogen-bond acceptors (Lipinski definition) is 4. The SMILES string of the molecule is O=[N+]([O-])c1ccccc1S(=O)(=O)CCC(F)(F)F. The quantitative estimate of drug-likeness (QED) is 0.627. The zero-order chi connectivity index (χ0) is 14.0. The molecule has 0 saturated carbocycles. The maximum Gasteiger partial charge on any atom is 0.390 e. The first-order valence-corrected chi connectivity index (χ1v) is 6.32. The van der Waals surface area contributed by atoms with E-state index in [9.17, 15) is 31.7 Å². The number of rotatable bonds is 4. The number of nitro benzene ring substituents is 1. The summed E-state index contributed by atoms with van der Waals surface area (Å²) in [6, 6.07) is 4.30. The number of hydrogen-bond donors (Lipinski definition) is 0. The molecular weight excluding hydrogens is 275 g/mol. The second kappa shape index (κ2) is 4.92. The molecule has 5 nitrogen and oxygen atoms in total. The fourth-order valence-corrected chi connectivity index (χ4v) is 2.70. The summed E-state index contributed by atoms with van der Waals surface area (Å²) >= 11 is 0. The molecule has 100 valence electrons. The van der Waals surface area contributed by atoms with E-state index in [1.54, 1.807) is 0 Å². The second-order valence-electron chi connectivity index (χ2n) is 3.41. The van der Waals surface area contributed by atoms with Gasteiger partial charge in [0.1, 0.15) is 4.90 Å². The summed E-state index contributed by atoms with van der Waals surface area (Å²) in [5.74, 6) is -1.21. The molecule has 0 aliphatic carbocycles. The zero-order valence-electron chi connectivity index (χ0n) is 8.85. The third-order valence-corrected chi connectivity index (χ3v) is 3.81. The predicted octanol–water partition coefficient (Wildman–Crippen LogP) is 2.32. The van der Waals surface area contributed by atoms with Crippen LogP contribution in [0.4, 0.5) is 18.9 Å². The van der Waals surface area contributed by atoms with Crippen LogP contribution in [0.2, 0.25) is 0 Å². The van der Waals surface area contributed by atoms with E-state index in [1.807, 2.05) is 0 Å². The molecule has 18 heavy (non-hydrogen) atoms. The van der Waals surface area contributed by atoms with Crippen molar-refractivity contribution in [3.63, 3.8) is 0 Å². The topological polar surface area (TPSA) is 77.3 Å². The summed E-state index contributed by atoms with van der Waals surface area (Å²) in [6.07, 6.45) is -6.17. The van der Waals surface area contributed by atoms with Crippen molar-refractivity contribution in [2.45, 2.75) is 17.5 Å². The number of halogens is 3. The van der Waals surface area contributed by atoms with Gasteiger partial charge in [-0.15, -0.1) is 0 Å². The van der Waals surface area contributed by atoms with Gasteiger partial charge in [0, 0.05) is 6.07 Å². The molecule has 0 aromatic heterocycles. The van der Waals surface area contributed by atoms with E-state index in [-0.39, 0.29) is 0 Å². The minimum absolute atomic E-state index is 0.695. The predicted molar refractivity (Wildman–Crippen MR) is 55.8 cm³/mol. The Morgan fingerprint density at radius 2 is 1.78 bits per heavy atom.